The summed E-state index contributed by atoms with van der Waals surface area (Å²) in [6.45, 7) is 2.87. The van der Waals surface area contributed by atoms with Crippen molar-refractivity contribution < 1.29 is 8.42 Å². The van der Waals surface area contributed by atoms with Gasteiger partial charge in [0.1, 0.15) is 0 Å². The Kier molecular flexibility index (Phi) is 4.09. The fourth-order valence-electron chi connectivity index (χ4n) is 2.22. The summed E-state index contributed by atoms with van der Waals surface area (Å²) in [5.74, 6) is 0. The summed E-state index contributed by atoms with van der Waals surface area (Å²) < 4.78 is 26.6. The van der Waals surface area contributed by atoms with E-state index in [1.54, 1.807) is 19.1 Å². The van der Waals surface area contributed by atoms with Crippen LogP contribution in [-0.4, -0.2) is 25.8 Å². The van der Waals surface area contributed by atoms with Crippen LogP contribution in [0.15, 0.2) is 28.2 Å². The summed E-state index contributed by atoms with van der Waals surface area (Å²) in [7, 11) is -3.48. The van der Waals surface area contributed by atoms with E-state index in [2.05, 4.69) is 10.0 Å². The Balaban J connectivity index is 2.44. The second kappa shape index (κ2) is 5.61. The number of hydrogen-bond acceptors (Lipinski definition) is 3. The van der Waals surface area contributed by atoms with E-state index < -0.39 is 10.0 Å². The lowest BCUT2D eigenvalue weighted by molar-refractivity contribution is 0.346. The van der Waals surface area contributed by atoms with Gasteiger partial charge in [0.05, 0.1) is 4.90 Å². The van der Waals surface area contributed by atoms with Crippen molar-refractivity contribution in [2.75, 3.05) is 13.1 Å². The van der Waals surface area contributed by atoms with Crippen LogP contribution in [0.4, 0.5) is 5.69 Å². The van der Waals surface area contributed by atoms with E-state index in [0.29, 0.717) is 24.3 Å². The molecule has 6 nitrogen and oxygen atoms in total. The molecule has 0 bridgehead atoms. The molecule has 1 aromatic carbocycles. The molecule has 1 fully saturated rings. The van der Waals surface area contributed by atoms with E-state index in [4.69, 9.17) is 5.53 Å². The van der Waals surface area contributed by atoms with Crippen molar-refractivity contribution in [2.24, 2.45) is 5.11 Å². The molecule has 0 N–H and O–H groups in total. The van der Waals surface area contributed by atoms with Crippen LogP contribution in [0.1, 0.15) is 24.8 Å². The average molecular weight is 280 g/mol. The maximum Gasteiger partial charge on any atom is 0.243 e. The van der Waals surface area contributed by atoms with Gasteiger partial charge in [0, 0.05) is 23.7 Å². The Morgan fingerprint density at radius 1 is 1.26 bits per heavy atom. The van der Waals surface area contributed by atoms with Gasteiger partial charge in [-0.2, -0.15) is 4.31 Å². The van der Waals surface area contributed by atoms with E-state index in [0.717, 1.165) is 19.3 Å². The van der Waals surface area contributed by atoms with Gasteiger partial charge in [-0.1, -0.05) is 23.7 Å². The molecule has 0 unspecified atom stereocenters. The maximum absolute atomic E-state index is 12.6. The van der Waals surface area contributed by atoms with Crippen molar-refractivity contribution in [3.8, 4) is 0 Å². The molecule has 0 atom stereocenters. The first-order valence-corrected chi connectivity index (χ1v) is 7.65. The van der Waals surface area contributed by atoms with Crippen LogP contribution in [0.5, 0.6) is 0 Å². The van der Waals surface area contributed by atoms with Crippen LogP contribution in [0.25, 0.3) is 10.4 Å². The monoisotopic (exact) mass is 280 g/mol. The summed E-state index contributed by atoms with van der Waals surface area (Å²) in [6.07, 6.45) is 2.87. The Labute approximate surface area is 112 Å². The van der Waals surface area contributed by atoms with E-state index in [9.17, 15) is 8.42 Å². The average Bonchev–Trinajstić information content (AvgIpc) is 2.42. The third kappa shape index (κ3) is 2.89. The molecule has 0 spiro atoms. The van der Waals surface area contributed by atoms with Crippen molar-refractivity contribution >= 4 is 15.7 Å². The third-order valence-corrected chi connectivity index (χ3v) is 5.31. The Bertz CT molecular complexity index is 615. The molecule has 102 valence electrons. The van der Waals surface area contributed by atoms with Crippen LogP contribution in [0.3, 0.4) is 0 Å². The standard InChI is InChI=1S/C12H16N4O2S/c1-10-5-6-11(14-15-13)9-12(10)19(17,18)16-7-3-2-4-8-16/h5-6,9H,2-4,7-8H2,1H3. The molecule has 0 amide bonds. The lowest BCUT2D eigenvalue weighted by Crippen LogP contribution is -2.35. The van der Waals surface area contributed by atoms with Gasteiger partial charge in [0.2, 0.25) is 10.0 Å². The normalized spacial score (nSPS) is 16.9. The molecule has 0 aromatic heterocycles. The first-order valence-electron chi connectivity index (χ1n) is 6.21. The number of piperidine rings is 1. The van der Waals surface area contributed by atoms with Gasteiger partial charge in [0.15, 0.2) is 0 Å². The number of rotatable bonds is 3. The van der Waals surface area contributed by atoms with Crippen LogP contribution >= 0.6 is 0 Å². The summed E-state index contributed by atoms with van der Waals surface area (Å²) in [6, 6.07) is 4.73. The smallest absolute Gasteiger partial charge is 0.207 e. The Hall–Kier alpha value is -1.56. The van der Waals surface area contributed by atoms with Crippen molar-refractivity contribution in [3.05, 3.63) is 34.2 Å². The molecule has 1 heterocycles. The van der Waals surface area contributed by atoms with Gasteiger partial charge < -0.3 is 0 Å². The van der Waals surface area contributed by atoms with Crippen LogP contribution in [0, 0.1) is 6.92 Å². The fourth-order valence-corrected chi connectivity index (χ4v) is 3.99. The van der Waals surface area contributed by atoms with Crippen LogP contribution in [0.2, 0.25) is 0 Å². The molecule has 1 aliphatic rings. The Morgan fingerprint density at radius 3 is 2.58 bits per heavy atom. The molecular formula is C12H16N4O2S. The predicted molar refractivity (Wildman–Crippen MR) is 72.6 cm³/mol. The lowest BCUT2D eigenvalue weighted by Gasteiger charge is -2.26. The van der Waals surface area contributed by atoms with Gasteiger partial charge in [0.25, 0.3) is 0 Å². The Morgan fingerprint density at radius 2 is 1.95 bits per heavy atom. The number of sulfonamides is 1. The summed E-state index contributed by atoms with van der Waals surface area (Å²) in [4.78, 5) is 2.92. The molecular weight excluding hydrogens is 264 g/mol. The molecule has 1 aliphatic heterocycles. The number of aryl methyl sites for hydroxylation is 1. The quantitative estimate of drug-likeness (QED) is 0.484. The van der Waals surface area contributed by atoms with Crippen molar-refractivity contribution in [3.63, 3.8) is 0 Å². The van der Waals surface area contributed by atoms with Crippen molar-refractivity contribution in [1.29, 1.82) is 0 Å². The zero-order valence-electron chi connectivity index (χ0n) is 10.8. The highest BCUT2D eigenvalue weighted by atomic mass is 32.2. The molecule has 19 heavy (non-hydrogen) atoms. The highest BCUT2D eigenvalue weighted by Gasteiger charge is 2.27. The second-order valence-electron chi connectivity index (χ2n) is 4.60. The van der Waals surface area contributed by atoms with E-state index in [-0.39, 0.29) is 4.90 Å². The summed E-state index contributed by atoms with van der Waals surface area (Å²) >= 11 is 0. The van der Waals surface area contributed by atoms with Crippen molar-refractivity contribution in [1.82, 2.24) is 4.31 Å². The molecule has 0 aliphatic carbocycles. The second-order valence-corrected chi connectivity index (χ2v) is 6.51. The zero-order chi connectivity index (χ0) is 13.9. The van der Waals surface area contributed by atoms with Gasteiger partial charge in [-0.3, -0.25) is 0 Å². The van der Waals surface area contributed by atoms with E-state index >= 15 is 0 Å². The number of nitrogens with zero attached hydrogens (tertiary/aromatic N) is 4. The topological polar surface area (TPSA) is 86.1 Å². The van der Waals surface area contributed by atoms with Crippen molar-refractivity contribution in [2.45, 2.75) is 31.1 Å². The SMILES string of the molecule is Cc1ccc(N=[N+]=[N-])cc1S(=O)(=O)N1CCCCC1. The number of benzene rings is 1. The minimum atomic E-state index is -3.48. The molecule has 0 radical (unpaired) electrons. The number of hydrogen-bond donors (Lipinski definition) is 0. The first-order chi connectivity index (χ1) is 9.05. The van der Waals surface area contributed by atoms with E-state index in [1.165, 1.54) is 10.4 Å². The van der Waals surface area contributed by atoms with Crippen LogP contribution in [-0.2, 0) is 10.0 Å². The van der Waals surface area contributed by atoms with Gasteiger partial charge in [-0.05, 0) is 36.9 Å². The molecule has 1 aromatic rings. The molecule has 1 saturated heterocycles. The summed E-state index contributed by atoms with van der Waals surface area (Å²) in [5.41, 5.74) is 9.42. The lowest BCUT2D eigenvalue weighted by atomic mass is 10.2. The zero-order valence-corrected chi connectivity index (χ0v) is 11.6. The molecule has 7 heteroatoms. The molecule has 2 rings (SSSR count). The van der Waals surface area contributed by atoms with E-state index in [1.807, 2.05) is 0 Å². The summed E-state index contributed by atoms with van der Waals surface area (Å²) in [5, 5.41) is 3.46. The first kappa shape index (κ1) is 13.9. The van der Waals surface area contributed by atoms with Gasteiger partial charge in [-0.25, -0.2) is 8.42 Å². The highest BCUT2D eigenvalue weighted by Crippen LogP contribution is 2.27. The third-order valence-electron chi connectivity index (χ3n) is 3.26. The predicted octanol–water partition coefficient (Wildman–Crippen LogP) is 3.11. The largest absolute Gasteiger partial charge is 0.243 e. The maximum atomic E-state index is 12.6. The molecule has 0 saturated carbocycles. The highest BCUT2D eigenvalue weighted by molar-refractivity contribution is 7.89. The van der Waals surface area contributed by atoms with Gasteiger partial charge in [-0.15, -0.1) is 0 Å². The fraction of sp³-hybridized carbons (Fsp3) is 0.500. The van der Waals surface area contributed by atoms with Crippen LogP contribution < -0.4 is 0 Å². The minimum Gasteiger partial charge on any atom is -0.207 e. The van der Waals surface area contributed by atoms with Gasteiger partial charge >= 0.3 is 0 Å². The number of azide groups is 1. The minimum absolute atomic E-state index is 0.235.